The second kappa shape index (κ2) is 9.86. The number of aromatic nitrogens is 2. The summed E-state index contributed by atoms with van der Waals surface area (Å²) in [6.07, 6.45) is 1.87. The number of rotatable bonds is 6. The molecule has 0 bridgehead atoms. The lowest BCUT2D eigenvalue weighted by Crippen LogP contribution is -2.42. The molecule has 2 aliphatic heterocycles. The molecule has 0 radical (unpaired) electrons. The quantitative estimate of drug-likeness (QED) is 0.542. The number of hydrogen-bond donors (Lipinski definition) is 1. The fourth-order valence-corrected chi connectivity index (χ4v) is 5.77. The Kier molecular flexibility index (Phi) is 6.68. The number of hydrogen-bond acceptors (Lipinski definition) is 4. The van der Waals surface area contributed by atoms with Gasteiger partial charge in [-0.2, -0.15) is 0 Å². The van der Waals surface area contributed by atoms with Crippen LogP contribution in [-0.4, -0.2) is 63.9 Å². The molecule has 2 atom stereocenters. The van der Waals surface area contributed by atoms with Gasteiger partial charge >= 0.3 is 0 Å². The Balaban J connectivity index is 1.56. The average molecular weight is 476 g/mol. The number of nitrogens with zero attached hydrogens (tertiary/aromatic N) is 4. The highest BCUT2D eigenvalue weighted by Gasteiger charge is 2.42. The second-order valence-corrected chi connectivity index (χ2v) is 9.54. The summed E-state index contributed by atoms with van der Waals surface area (Å²) in [5.41, 5.74) is 7.39. The van der Waals surface area contributed by atoms with E-state index >= 15 is 0 Å². The van der Waals surface area contributed by atoms with Gasteiger partial charge in [0.2, 0.25) is 0 Å². The van der Waals surface area contributed by atoms with Gasteiger partial charge in [-0.3, -0.25) is 9.88 Å². The zero-order chi connectivity index (χ0) is 23.7. The predicted molar refractivity (Wildman–Crippen MR) is 139 cm³/mol. The van der Waals surface area contributed by atoms with Crippen LogP contribution in [0.1, 0.15) is 40.3 Å². The van der Waals surface area contributed by atoms with Crippen molar-refractivity contribution in [2.24, 2.45) is 0 Å². The molecule has 0 aliphatic carbocycles. The van der Waals surface area contributed by atoms with Crippen molar-refractivity contribution in [3.8, 4) is 5.69 Å². The fourth-order valence-electron chi connectivity index (χ4n) is 5.44. The van der Waals surface area contributed by atoms with E-state index in [4.69, 9.17) is 21.9 Å². The Bertz CT molecular complexity index is 1140. The van der Waals surface area contributed by atoms with E-state index in [9.17, 15) is 0 Å². The highest BCUT2D eigenvalue weighted by Crippen LogP contribution is 2.43. The number of nitrogens with one attached hydrogen (secondary N) is 1. The van der Waals surface area contributed by atoms with Crippen molar-refractivity contribution in [1.29, 1.82) is 0 Å². The van der Waals surface area contributed by atoms with Crippen molar-refractivity contribution in [2.75, 3.05) is 39.4 Å². The van der Waals surface area contributed by atoms with Gasteiger partial charge in [-0.1, -0.05) is 24.3 Å². The molecule has 4 heterocycles. The van der Waals surface area contributed by atoms with Gasteiger partial charge in [-0.05, 0) is 62.8 Å². The number of para-hydroxylation sites is 1. The van der Waals surface area contributed by atoms with Crippen molar-refractivity contribution in [3.63, 3.8) is 0 Å². The van der Waals surface area contributed by atoms with Crippen LogP contribution in [-0.2, 0) is 4.74 Å². The molecule has 0 saturated carbocycles. The van der Waals surface area contributed by atoms with Gasteiger partial charge in [0.1, 0.15) is 0 Å². The van der Waals surface area contributed by atoms with E-state index in [1.54, 1.807) is 0 Å². The van der Waals surface area contributed by atoms with Crippen LogP contribution in [0.2, 0.25) is 0 Å². The molecule has 34 heavy (non-hydrogen) atoms. The minimum atomic E-state index is 0.00168. The second-order valence-electron chi connectivity index (χ2n) is 9.15. The summed E-state index contributed by atoms with van der Waals surface area (Å²) in [5, 5.41) is 4.43. The smallest absolute Gasteiger partial charge is 0.170 e. The van der Waals surface area contributed by atoms with E-state index in [1.807, 2.05) is 12.3 Å². The summed E-state index contributed by atoms with van der Waals surface area (Å²) in [6, 6.07) is 16.8. The standard InChI is InChI=1S/C27H33N5OS/c1-19-20(2)32(22-9-5-4-6-10-22)21(3)24(19)26-25(23-11-7-8-12-28-23)29-27(34)31(26)14-13-30-15-17-33-18-16-30/h4-12,25-26H,13-18H2,1-3H3,(H,29,34). The lowest BCUT2D eigenvalue weighted by molar-refractivity contribution is 0.0350. The first-order valence-corrected chi connectivity index (χ1v) is 12.5. The summed E-state index contributed by atoms with van der Waals surface area (Å²) < 4.78 is 7.92. The van der Waals surface area contributed by atoms with Gasteiger partial charge in [-0.15, -0.1) is 0 Å². The monoisotopic (exact) mass is 475 g/mol. The van der Waals surface area contributed by atoms with Crippen LogP contribution < -0.4 is 5.32 Å². The van der Waals surface area contributed by atoms with E-state index < -0.39 is 0 Å². The lowest BCUT2D eigenvalue weighted by Gasteiger charge is -2.32. The van der Waals surface area contributed by atoms with Crippen LogP contribution in [0.25, 0.3) is 5.69 Å². The van der Waals surface area contributed by atoms with Crippen LogP contribution in [0.3, 0.4) is 0 Å². The van der Waals surface area contributed by atoms with Crippen LogP contribution >= 0.6 is 12.2 Å². The molecule has 0 amide bonds. The third kappa shape index (κ3) is 4.24. The van der Waals surface area contributed by atoms with Gasteiger partial charge in [0.15, 0.2) is 5.11 Å². The molecule has 2 saturated heterocycles. The molecule has 6 nitrogen and oxygen atoms in total. The zero-order valence-corrected chi connectivity index (χ0v) is 21.0. The number of pyridine rings is 1. The minimum absolute atomic E-state index is 0.00168. The van der Waals surface area contributed by atoms with E-state index in [0.29, 0.717) is 0 Å². The SMILES string of the molecule is Cc1c(C2C(c3ccccn3)NC(=S)N2CCN2CCOCC2)c(C)n(-c2ccccc2)c1C. The Labute approximate surface area is 207 Å². The molecule has 0 spiro atoms. The van der Waals surface area contributed by atoms with Gasteiger partial charge in [0, 0.05) is 55.0 Å². The van der Waals surface area contributed by atoms with Crippen molar-refractivity contribution < 1.29 is 4.74 Å². The van der Waals surface area contributed by atoms with E-state index in [2.05, 4.69) is 82.9 Å². The maximum atomic E-state index is 5.92. The molecule has 1 aromatic carbocycles. The largest absolute Gasteiger partial charge is 0.379 e. The molecular weight excluding hydrogens is 442 g/mol. The molecule has 2 fully saturated rings. The first kappa shape index (κ1) is 23.0. The lowest BCUT2D eigenvalue weighted by atomic mass is 9.93. The Hall–Kier alpha value is -2.74. The molecule has 5 rings (SSSR count). The normalized spacial score (nSPS) is 21.1. The van der Waals surface area contributed by atoms with Crippen molar-refractivity contribution in [2.45, 2.75) is 32.9 Å². The van der Waals surface area contributed by atoms with Gasteiger partial charge in [0.05, 0.1) is 31.0 Å². The Morgan fingerprint density at radius 3 is 2.41 bits per heavy atom. The van der Waals surface area contributed by atoms with Crippen molar-refractivity contribution in [1.82, 2.24) is 24.7 Å². The first-order chi connectivity index (χ1) is 16.6. The van der Waals surface area contributed by atoms with E-state index in [0.717, 1.165) is 50.2 Å². The molecule has 7 heteroatoms. The van der Waals surface area contributed by atoms with Gasteiger partial charge in [0.25, 0.3) is 0 Å². The van der Waals surface area contributed by atoms with Crippen molar-refractivity contribution >= 4 is 17.3 Å². The summed E-state index contributed by atoms with van der Waals surface area (Å²) in [6.45, 7) is 12.1. The number of ether oxygens (including phenoxy) is 1. The summed E-state index contributed by atoms with van der Waals surface area (Å²) in [7, 11) is 0. The van der Waals surface area contributed by atoms with E-state index in [-0.39, 0.29) is 12.1 Å². The third-order valence-corrected chi connectivity index (χ3v) is 7.63. The fraction of sp³-hybridized carbons (Fsp3) is 0.407. The third-order valence-electron chi connectivity index (χ3n) is 7.28. The van der Waals surface area contributed by atoms with Crippen LogP contribution in [0.5, 0.6) is 0 Å². The number of benzene rings is 1. The number of morpholine rings is 1. The maximum Gasteiger partial charge on any atom is 0.170 e. The molecule has 3 aromatic rings. The van der Waals surface area contributed by atoms with E-state index in [1.165, 1.54) is 28.2 Å². The van der Waals surface area contributed by atoms with Gasteiger partial charge < -0.3 is 19.5 Å². The average Bonchev–Trinajstić information content (AvgIpc) is 3.31. The molecular formula is C27H33N5OS. The van der Waals surface area contributed by atoms with Gasteiger partial charge in [-0.25, -0.2) is 0 Å². The van der Waals surface area contributed by atoms with Crippen LogP contribution in [0.4, 0.5) is 0 Å². The molecule has 2 aliphatic rings. The Morgan fingerprint density at radius 2 is 1.71 bits per heavy atom. The Morgan fingerprint density at radius 1 is 0.971 bits per heavy atom. The highest BCUT2D eigenvalue weighted by atomic mass is 32.1. The highest BCUT2D eigenvalue weighted by molar-refractivity contribution is 7.80. The number of thiocarbonyl (C=S) groups is 1. The first-order valence-electron chi connectivity index (χ1n) is 12.1. The molecule has 1 N–H and O–H groups in total. The summed E-state index contributed by atoms with van der Waals surface area (Å²) in [4.78, 5) is 9.57. The summed E-state index contributed by atoms with van der Waals surface area (Å²) >= 11 is 5.92. The van der Waals surface area contributed by atoms with Crippen molar-refractivity contribution in [3.05, 3.63) is 82.9 Å². The molecule has 2 unspecified atom stereocenters. The van der Waals surface area contributed by atoms with Crippen LogP contribution in [0, 0.1) is 20.8 Å². The van der Waals surface area contributed by atoms with Crippen LogP contribution in [0.15, 0.2) is 54.7 Å². The maximum absolute atomic E-state index is 5.92. The summed E-state index contributed by atoms with van der Waals surface area (Å²) in [5.74, 6) is 0. The predicted octanol–water partition coefficient (Wildman–Crippen LogP) is 4.10. The minimum Gasteiger partial charge on any atom is -0.379 e. The zero-order valence-electron chi connectivity index (χ0n) is 20.2. The molecule has 2 aromatic heterocycles. The molecule has 178 valence electrons. The topological polar surface area (TPSA) is 45.6 Å².